The fourth-order valence-corrected chi connectivity index (χ4v) is 5.81. The van der Waals surface area contributed by atoms with Crippen molar-refractivity contribution in [2.45, 2.75) is 63.4 Å². The molecule has 0 saturated carbocycles. The van der Waals surface area contributed by atoms with Gasteiger partial charge in [0.25, 0.3) is 0 Å². The maximum Gasteiger partial charge on any atom is 0.417 e. The number of halogens is 3. The van der Waals surface area contributed by atoms with Crippen LogP contribution in [0.1, 0.15) is 49.5 Å². The molecule has 0 unspecified atom stereocenters. The summed E-state index contributed by atoms with van der Waals surface area (Å²) in [5, 5.41) is -0.303. The number of ether oxygens (including phenoxy) is 1. The zero-order valence-corrected chi connectivity index (χ0v) is 24.3. The van der Waals surface area contributed by atoms with Crippen molar-refractivity contribution in [1.82, 2.24) is 4.90 Å². The topological polar surface area (TPSA) is 55.8 Å². The van der Waals surface area contributed by atoms with Gasteiger partial charge in [-0.1, -0.05) is 69.3 Å². The Morgan fingerprint density at radius 2 is 1.60 bits per heavy atom. The van der Waals surface area contributed by atoms with Crippen molar-refractivity contribution in [2.24, 2.45) is 0 Å². The average molecular weight is 570 g/mol. The minimum atomic E-state index is -2.65. The van der Waals surface area contributed by atoms with E-state index in [4.69, 9.17) is 9.16 Å². The number of benzene rings is 3. The van der Waals surface area contributed by atoms with Crippen LogP contribution in [0.4, 0.5) is 18.0 Å². The van der Waals surface area contributed by atoms with E-state index in [1.54, 1.807) is 0 Å². The Morgan fingerprint density at radius 3 is 2.20 bits per heavy atom. The number of nitrogens with zero attached hydrogens (tertiary/aromatic N) is 1. The molecule has 9 heteroatoms. The molecule has 2 amide bonds. The molecule has 1 aliphatic heterocycles. The molecule has 0 aliphatic carbocycles. The Labute approximate surface area is 234 Å². The van der Waals surface area contributed by atoms with Crippen LogP contribution in [0.15, 0.2) is 72.8 Å². The molecule has 0 spiro atoms. The molecule has 40 heavy (non-hydrogen) atoms. The molecule has 3 aromatic carbocycles. The van der Waals surface area contributed by atoms with Gasteiger partial charge in [-0.05, 0) is 65.5 Å². The lowest BCUT2D eigenvalue weighted by atomic mass is 9.87. The second-order valence-corrected chi connectivity index (χ2v) is 16.4. The Morgan fingerprint density at radius 1 is 0.975 bits per heavy atom. The number of imide groups is 1. The largest absolute Gasteiger partial charge is 0.447 e. The third-order valence-electron chi connectivity index (χ3n) is 7.81. The van der Waals surface area contributed by atoms with Gasteiger partial charge in [0.05, 0.1) is 18.1 Å². The van der Waals surface area contributed by atoms with E-state index in [-0.39, 0.29) is 17.2 Å². The lowest BCUT2D eigenvalue weighted by Gasteiger charge is -2.42. The average Bonchev–Trinajstić information content (AvgIpc) is 3.25. The van der Waals surface area contributed by atoms with Crippen molar-refractivity contribution >= 4 is 20.3 Å². The van der Waals surface area contributed by atoms with E-state index in [1.807, 2.05) is 64.2 Å². The zero-order chi connectivity index (χ0) is 29.2. The third kappa shape index (κ3) is 6.31. The van der Waals surface area contributed by atoms with Gasteiger partial charge in [-0.15, -0.1) is 0 Å². The summed E-state index contributed by atoms with van der Waals surface area (Å²) in [5.74, 6) is -4.43. The van der Waals surface area contributed by atoms with E-state index >= 15 is 0 Å². The second-order valence-electron chi connectivity index (χ2n) is 11.6. The van der Waals surface area contributed by atoms with Gasteiger partial charge < -0.3 is 9.16 Å². The van der Waals surface area contributed by atoms with E-state index in [0.29, 0.717) is 12.0 Å². The van der Waals surface area contributed by atoms with Crippen LogP contribution in [0.25, 0.3) is 0 Å². The molecule has 1 fully saturated rings. The van der Waals surface area contributed by atoms with Gasteiger partial charge in [0.15, 0.2) is 20.0 Å². The smallest absolute Gasteiger partial charge is 0.417 e. The molecule has 1 saturated heterocycles. The van der Waals surface area contributed by atoms with Crippen LogP contribution in [0.5, 0.6) is 0 Å². The van der Waals surface area contributed by atoms with Crippen molar-refractivity contribution in [3.63, 3.8) is 0 Å². The van der Waals surface area contributed by atoms with E-state index in [2.05, 4.69) is 0 Å². The summed E-state index contributed by atoms with van der Waals surface area (Å²) in [7, 11) is -2.65. The minimum Gasteiger partial charge on any atom is -0.447 e. The quantitative estimate of drug-likeness (QED) is 0.263. The van der Waals surface area contributed by atoms with Crippen molar-refractivity contribution in [1.29, 1.82) is 0 Å². The third-order valence-corrected chi connectivity index (χ3v) is 12.3. The lowest BCUT2D eigenvalue weighted by molar-refractivity contribution is -0.133. The predicted octanol–water partition coefficient (Wildman–Crippen LogP) is 7.54. The number of hydrogen-bond acceptors (Lipinski definition) is 4. The standard InChI is InChI=1S/C31H34F3NO4Si/c1-31(2,3)40(4,5)39-28(22-13-16-25(33)26(34)18-22)27(21-11-14-23(32)15-12-21)29(36)35-24(19-38-30(35)37)17-20-9-7-6-8-10-20/h6-16,18,24,27-28H,17,19H2,1-5H3/t24-,27-,28-/m1/s1. The van der Waals surface area contributed by atoms with Crippen LogP contribution in [0.3, 0.4) is 0 Å². The summed E-state index contributed by atoms with van der Waals surface area (Å²) in [6.45, 7) is 10.0. The van der Waals surface area contributed by atoms with E-state index in [1.165, 1.54) is 30.3 Å². The fraction of sp³-hybridized carbons (Fsp3) is 0.355. The minimum absolute atomic E-state index is 0.00847. The van der Waals surface area contributed by atoms with Crippen molar-refractivity contribution < 1.29 is 31.9 Å². The Balaban J connectivity index is 1.84. The molecule has 212 valence electrons. The van der Waals surface area contributed by atoms with Crippen molar-refractivity contribution in [3.8, 4) is 0 Å². The first-order valence-corrected chi connectivity index (χ1v) is 16.1. The summed E-state index contributed by atoms with van der Waals surface area (Å²) in [5.41, 5.74) is 1.52. The highest BCUT2D eigenvalue weighted by Gasteiger charge is 2.47. The van der Waals surface area contributed by atoms with Gasteiger partial charge in [0.1, 0.15) is 12.4 Å². The maximum absolute atomic E-state index is 14.6. The van der Waals surface area contributed by atoms with Crippen LogP contribution in [-0.2, 0) is 20.4 Å². The Bertz CT molecular complexity index is 1360. The van der Waals surface area contributed by atoms with Crippen molar-refractivity contribution in [3.05, 3.63) is 107 Å². The van der Waals surface area contributed by atoms with Gasteiger partial charge in [0.2, 0.25) is 5.91 Å². The summed E-state index contributed by atoms with van der Waals surface area (Å²) in [6.07, 6.45) is -1.53. The summed E-state index contributed by atoms with van der Waals surface area (Å²) in [6, 6.07) is 17.5. The first-order chi connectivity index (χ1) is 18.8. The highest BCUT2D eigenvalue weighted by molar-refractivity contribution is 6.74. The van der Waals surface area contributed by atoms with Crippen LogP contribution in [-0.4, -0.2) is 37.9 Å². The molecule has 4 rings (SSSR count). The van der Waals surface area contributed by atoms with Gasteiger partial charge in [-0.2, -0.15) is 0 Å². The molecular formula is C31H34F3NO4Si. The SMILES string of the molecule is CC(C)(C)[Si](C)(C)O[C@H](c1ccc(F)c(F)c1)[C@H](C(=O)N1C(=O)OC[C@H]1Cc1ccccc1)c1ccc(F)cc1. The van der Waals surface area contributed by atoms with Gasteiger partial charge in [-0.25, -0.2) is 22.9 Å². The highest BCUT2D eigenvalue weighted by Crippen LogP contribution is 2.45. The zero-order valence-electron chi connectivity index (χ0n) is 23.3. The lowest BCUT2D eigenvalue weighted by Crippen LogP contribution is -2.47. The number of hydrogen-bond donors (Lipinski definition) is 0. The molecule has 1 aliphatic rings. The van der Waals surface area contributed by atoms with Crippen LogP contribution < -0.4 is 0 Å². The Hall–Kier alpha value is -3.43. The van der Waals surface area contributed by atoms with Crippen LogP contribution in [0, 0.1) is 17.5 Å². The summed E-state index contributed by atoms with van der Waals surface area (Å²) in [4.78, 5) is 28.5. The monoisotopic (exact) mass is 569 g/mol. The second kappa shape index (κ2) is 11.6. The molecule has 0 N–H and O–H groups in total. The molecule has 0 aromatic heterocycles. The molecule has 0 bridgehead atoms. The van der Waals surface area contributed by atoms with Gasteiger partial charge in [0, 0.05) is 0 Å². The van der Waals surface area contributed by atoms with E-state index in [9.17, 15) is 22.8 Å². The molecule has 3 aromatic rings. The van der Waals surface area contributed by atoms with Crippen molar-refractivity contribution in [2.75, 3.05) is 6.61 Å². The number of carbonyl (C=O) groups is 2. The summed E-state index contributed by atoms with van der Waals surface area (Å²) < 4.78 is 54.6. The van der Waals surface area contributed by atoms with Gasteiger partial charge >= 0.3 is 6.09 Å². The Kier molecular flexibility index (Phi) is 8.56. The van der Waals surface area contributed by atoms with E-state index in [0.717, 1.165) is 22.6 Å². The van der Waals surface area contributed by atoms with Crippen LogP contribution >= 0.6 is 0 Å². The molecule has 0 radical (unpaired) electrons. The number of carbonyl (C=O) groups excluding carboxylic acids is 2. The summed E-state index contributed by atoms with van der Waals surface area (Å²) >= 11 is 0. The number of rotatable bonds is 8. The normalized spacial score (nSPS) is 17.4. The van der Waals surface area contributed by atoms with Gasteiger partial charge in [-0.3, -0.25) is 4.79 Å². The molecule has 1 heterocycles. The number of cyclic esters (lactones) is 1. The molecule has 5 nitrogen and oxygen atoms in total. The maximum atomic E-state index is 14.6. The molecule has 3 atom stereocenters. The fourth-order valence-electron chi connectivity index (χ4n) is 4.55. The molecular weight excluding hydrogens is 535 g/mol. The highest BCUT2D eigenvalue weighted by atomic mass is 28.4. The van der Waals surface area contributed by atoms with Crippen LogP contribution in [0.2, 0.25) is 18.1 Å². The van der Waals surface area contributed by atoms with E-state index < -0.39 is 55.8 Å². The first-order valence-electron chi connectivity index (χ1n) is 13.2. The number of amides is 2. The predicted molar refractivity (Wildman–Crippen MR) is 149 cm³/mol. The first kappa shape index (κ1) is 29.5.